The van der Waals surface area contributed by atoms with E-state index in [4.69, 9.17) is 4.42 Å². The summed E-state index contributed by atoms with van der Waals surface area (Å²) in [7, 11) is 0. The molecule has 0 N–H and O–H groups in total. The average molecular weight is 304 g/mol. The lowest BCUT2D eigenvalue weighted by Gasteiger charge is -2.17. The maximum atomic E-state index is 13.3. The Morgan fingerprint density at radius 2 is 2.29 bits per heavy atom. The summed E-state index contributed by atoms with van der Waals surface area (Å²) in [6.07, 6.45) is 1.93. The zero-order valence-corrected chi connectivity index (χ0v) is 12.2. The number of rotatable bonds is 4. The molecule has 0 atom stereocenters. The number of aromatic nitrogens is 1. The molecule has 2 heterocycles. The lowest BCUT2D eigenvalue weighted by molar-refractivity contribution is -0.118. The molecule has 3 aromatic rings. The standard InChI is InChI=1S/C15H13FN2O2S/c1-2-14(19)18(9-11-4-3-7-20-11)15-17-12-6-5-10(16)8-13(12)21-15/h3-8H,2,9H2,1H3. The summed E-state index contributed by atoms with van der Waals surface area (Å²) in [4.78, 5) is 18.1. The second-order valence-corrected chi connectivity index (χ2v) is 5.53. The van der Waals surface area contributed by atoms with Crippen molar-refractivity contribution in [2.45, 2.75) is 19.9 Å². The number of benzene rings is 1. The Balaban J connectivity index is 1.99. The fourth-order valence-electron chi connectivity index (χ4n) is 2.01. The molecule has 108 valence electrons. The van der Waals surface area contributed by atoms with Crippen LogP contribution in [0.2, 0.25) is 0 Å². The van der Waals surface area contributed by atoms with E-state index in [2.05, 4.69) is 4.98 Å². The number of carbonyl (C=O) groups excluding carboxylic acids is 1. The van der Waals surface area contributed by atoms with Gasteiger partial charge in [-0.2, -0.15) is 0 Å². The summed E-state index contributed by atoms with van der Waals surface area (Å²) in [6, 6.07) is 8.00. The van der Waals surface area contributed by atoms with Crippen molar-refractivity contribution in [1.29, 1.82) is 0 Å². The van der Waals surface area contributed by atoms with E-state index < -0.39 is 0 Å². The first-order valence-electron chi connectivity index (χ1n) is 6.56. The lowest BCUT2D eigenvalue weighted by atomic mass is 10.3. The van der Waals surface area contributed by atoms with Gasteiger partial charge in [-0.15, -0.1) is 0 Å². The topological polar surface area (TPSA) is 46.3 Å². The van der Waals surface area contributed by atoms with Crippen LogP contribution in [0.15, 0.2) is 41.0 Å². The zero-order valence-electron chi connectivity index (χ0n) is 11.4. The summed E-state index contributed by atoms with van der Waals surface area (Å²) in [5.74, 6) is 0.324. The van der Waals surface area contributed by atoms with Gasteiger partial charge in [-0.1, -0.05) is 18.3 Å². The molecule has 4 nitrogen and oxygen atoms in total. The SMILES string of the molecule is CCC(=O)N(Cc1ccco1)c1nc2ccc(F)cc2s1. The van der Waals surface area contributed by atoms with E-state index in [-0.39, 0.29) is 11.7 Å². The van der Waals surface area contributed by atoms with E-state index in [1.807, 2.05) is 6.07 Å². The molecule has 3 rings (SSSR count). The van der Waals surface area contributed by atoms with E-state index in [1.54, 1.807) is 30.2 Å². The number of carbonyl (C=O) groups is 1. The molecular formula is C15H13FN2O2S. The molecule has 6 heteroatoms. The second kappa shape index (κ2) is 5.65. The normalized spacial score (nSPS) is 11.0. The maximum absolute atomic E-state index is 13.3. The molecule has 2 aromatic heterocycles. The molecule has 0 radical (unpaired) electrons. The largest absolute Gasteiger partial charge is 0.467 e. The van der Waals surface area contributed by atoms with Crippen LogP contribution in [-0.4, -0.2) is 10.9 Å². The third-order valence-electron chi connectivity index (χ3n) is 3.07. The minimum Gasteiger partial charge on any atom is -0.467 e. The van der Waals surface area contributed by atoms with E-state index in [9.17, 15) is 9.18 Å². The van der Waals surface area contributed by atoms with Gasteiger partial charge in [0, 0.05) is 6.42 Å². The summed E-state index contributed by atoms with van der Waals surface area (Å²) >= 11 is 1.30. The van der Waals surface area contributed by atoms with Gasteiger partial charge in [-0.3, -0.25) is 9.69 Å². The number of nitrogens with zero attached hydrogens (tertiary/aromatic N) is 2. The van der Waals surface area contributed by atoms with Crippen LogP contribution in [0.5, 0.6) is 0 Å². The van der Waals surface area contributed by atoms with Crippen LogP contribution in [-0.2, 0) is 11.3 Å². The number of hydrogen-bond donors (Lipinski definition) is 0. The third kappa shape index (κ3) is 2.80. The van der Waals surface area contributed by atoms with Gasteiger partial charge in [0.1, 0.15) is 11.6 Å². The van der Waals surface area contributed by atoms with Crippen molar-refractivity contribution in [2.24, 2.45) is 0 Å². The summed E-state index contributed by atoms with van der Waals surface area (Å²) in [5.41, 5.74) is 0.685. The first-order chi connectivity index (χ1) is 10.2. The van der Waals surface area contributed by atoms with Crippen molar-refractivity contribution in [3.05, 3.63) is 48.2 Å². The molecule has 1 amide bonds. The molecule has 0 aliphatic rings. The van der Waals surface area contributed by atoms with Gasteiger partial charge in [-0.25, -0.2) is 9.37 Å². The molecule has 0 unspecified atom stereocenters. The Hall–Kier alpha value is -2.21. The first-order valence-corrected chi connectivity index (χ1v) is 7.38. The van der Waals surface area contributed by atoms with Crippen molar-refractivity contribution >= 4 is 32.6 Å². The molecule has 21 heavy (non-hydrogen) atoms. The van der Waals surface area contributed by atoms with Crippen LogP contribution >= 0.6 is 11.3 Å². The van der Waals surface area contributed by atoms with E-state index in [1.165, 1.54) is 23.5 Å². The smallest absolute Gasteiger partial charge is 0.228 e. The maximum Gasteiger partial charge on any atom is 0.228 e. The minimum absolute atomic E-state index is 0.0501. The minimum atomic E-state index is -0.308. The predicted octanol–water partition coefficient (Wildman–Crippen LogP) is 3.97. The third-order valence-corrected chi connectivity index (χ3v) is 4.11. The van der Waals surface area contributed by atoms with Gasteiger partial charge in [0.05, 0.1) is 23.0 Å². The summed E-state index contributed by atoms with van der Waals surface area (Å²) in [5, 5.41) is 0.554. The molecule has 0 saturated heterocycles. The van der Waals surface area contributed by atoms with Crippen LogP contribution < -0.4 is 4.90 Å². The highest BCUT2D eigenvalue weighted by atomic mass is 32.1. The lowest BCUT2D eigenvalue weighted by Crippen LogP contribution is -2.29. The molecule has 0 spiro atoms. The number of hydrogen-bond acceptors (Lipinski definition) is 4. The molecular weight excluding hydrogens is 291 g/mol. The van der Waals surface area contributed by atoms with Gasteiger partial charge in [0.2, 0.25) is 5.91 Å². The predicted molar refractivity (Wildman–Crippen MR) is 79.8 cm³/mol. The van der Waals surface area contributed by atoms with E-state index in [0.29, 0.717) is 29.4 Å². The molecule has 0 bridgehead atoms. The molecule has 0 saturated carbocycles. The Kier molecular flexibility index (Phi) is 3.70. The number of furan rings is 1. The van der Waals surface area contributed by atoms with Crippen molar-refractivity contribution in [2.75, 3.05) is 4.90 Å². The van der Waals surface area contributed by atoms with Gasteiger partial charge in [-0.05, 0) is 30.3 Å². The number of anilines is 1. The number of halogens is 1. The highest BCUT2D eigenvalue weighted by Gasteiger charge is 2.19. The second-order valence-electron chi connectivity index (χ2n) is 4.52. The average Bonchev–Trinajstić information content (AvgIpc) is 3.12. The van der Waals surface area contributed by atoms with Crippen LogP contribution in [0.4, 0.5) is 9.52 Å². The molecule has 1 aromatic carbocycles. The first kappa shape index (κ1) is 13.8. The molecule has 0 aliphatic carbocycles. The van der Waals surface area contributed by atoms with Gasteiger partial charge in [0.25, 0.3) is 0 Å². The Bertz CT molecular complexity index is 767. The van der Waals surface area contributed by atoms with Crippen LogP contribution in [0.1, 0.15) is 19.1 Å². The van der Waals surface area contributed by atoms with Crippen LogP contribution in [0.25, 0.3) is 10.2 Å². The zero-order chi connectivity index (χ0) is 14.8. The van der Waals surface area contributed by atoms with E-state index >= 15 is 0 Å². The fraction of sp³-hybridized carbons (Fsp3) is 0.200. The van der Waals surface area contributed by atoms with Gasteiger partial charge in [0.15, 0.2) is 5.13 Å². The van der Waals surface area contributed by atoms with Gasteiger partial charge < -0.3 is 4.42 Å². The summed E-state index contributed by atoms with van der Waals surface area (Å²) < 4.78 is 19.3. The van der Waals surface area contributed by atoms with Crippen molar-refractivity contribution in [3.63, 3.8) is 0 Å². The number of fused-ring (bicyclic) bond motifs is 1. The molecule has 0 fully saturated rings. The van der Waals surface area contributed by atoms with E-state index in [0.717, 1.165) is 4.70 Å². The highest BCUT2D eigenvalue weighted by Crippen LogP contribution is 2.30. The fourth-order valence-corrected chi connectivity index (χ4v) is 3.02. The van der Waals surface area contributed by atoms with Gasteiger partial charge >= 0.3 is 0 Å². The number of amides is 1. The molecule has 0 aliphatic heterocycles. The monoisotopic (exact) mass is 304 g/mol. The highest BCUT2D eigenvalue weighted by molar-refractivity contribution is 7.22. The van der Waals surface area contributed by atoms with Crippen LogP contribution in [0.3, 0.4) is 0 Å². The Morgan fingerprint density at radius 1 is 1.43 bits per heavy atom. The van der Waals surface area contributed by atoms with Crippen molar-refractivity contribution in [1.82, 2.24) is 4.98 Å². The quantitative estimate of drug-likeness (QED) is 0.732. The Morgan fingerprint density at radius 3 is 3.00 bits per heavy atom. The number of thiazole rings is 1. The van der Waals surface area contributed by atoms with Crippen LogP contribution in [0, 0.1) is 5.82 Å². The van der Waals surface area contributed by atoms with Crippen molar-refractivity contribution < 1.29 is 13.6 Å². The summed E-state index contributed by atoms with van der Waals surface area (Å²) in [6.45, 7) is 2.12. The van der Waals surface area contributed by atoms with Crippen molar-refractivity contribution in [3.8, 4) is 0 Å². The Labute approximate surface area is 124 Å².